The molecule has 18 heavy (non-hydrogen) atoms. The van der Waals surface area contributed by atoms with Crippen molar-refractivity contribution in [2.75, 3.05) is 11.9 Å². The predicted molar refractivity (Wildman–Crippen MR) is 64.4 cm³/mol. The molecule has 0 unspecified atom stereocenters. The van der Waals surface area contributed by atoms with E-state index >= 15 is 0 Å². The van der Waals surface area contributed by atoms with Gasteiger partial charge in [0.25, 0.3) is 0 Å². The minimum atomic E-state index is -4.42. The number of benzene rings is 1. The summed E-state index contributed by atoms with van der Waals surface area (Å²) in [6.45, 7) is 0.125. The molecule has 1 rings (SSSR count). The number of carboxylic acid groups (broad SMARTS) is 1. The van der Waals surface area contributed by atoms with Gasteiger partial charge >= 0.3 is 12.1 Å². The molecule has 0 aromatic heterocycles. The molecule has 1 aromatic rings. The lowest BCUT2D eigenvalue weighted by molar-refractivity contribution is -0.137. The largest absolute Gasteiger partial charge is 0.478 e. The molecule has 0 amide bonds. The van der Waals surface area contributed by atoms with E-state index in [4.69, 9.17) is 5.11 Å². The SMILES string of the molecule is O=C(O)/C=C/CNc1cc(Br)cc(C(F)(F)F)c1. The average molecular weight is 324 g/mol. The molecule has 0 aliphatic rings. The summed E-state index contributed by atoms with van der Waals surface area (Å²) >= 11 is 2.99. The third-order valence-corrected chi connectivity index (χ3v) is 2.37. The van der Waals surface area contributed by atoms with Crippen LogP contribution in [-0.4, -0.2) is 17.6 Å². The highest BCUT2D eigenvalue weighted by Gasteiger charge is 2.30. The molecule has 98 valence electrons. The molecule has 0 radical (unpaired) electrons. The summed E-state index contributed by atoms with van der Waals surface area (Å²) in [5, 5.41) is 11.0. The van der Waals surface area contributed by atoms with E-state index in [1.54, 1.807) is 0 Å². The van der Waals surface area contributed by atoms with Crippen molar-refractivity contribution in [3.8, 4) is 0 Å². The number of aliphatic carboxylic acids is 1. The lowest BCUT2D eigenvalue weighted by Crippen LogP contribution is -2.07. The molecule has 0 fully saturated rings. The molecule has 0 heterocycles. The van der Waals surface area contributed by atoms with Gasteiger partial charge in [-0.15, -0.1) is 0 Å². The molecule has 0 aliphatic heterocycles. The summed E-state index contributed by atoms with van der Waals surface area (Å²) in [5.74, 6) is -1.11. The van der Waals surface area contributed by atoms with Crippen LogP contribution in [0.5, 0.6) is 0 Å². The zero-order valence-electron chi connectivity index (χ0n) is 8.96. The van der Waals surface area contributed by atoms with Crippen LogP contribution >= 0.6 is 15.9 Å². The van der Waals surface area contributed by atoms with Gasteiger partial charge in [0.2, 0.25) is 0 Å². The van der Waals surface area contributed by atoms with Crippen LogP contribution in [0.4, 0.5) is 18.9 Å². The molecule has 0 atom stereocenters. The quantitative estimate of drug-likeness (QED) is 0.833. The first kappa shape index (κ1) is 14.6. The van der Waals surface area contributed by atoms with Gasteiger partial charge in [0.05, 0.1) is 5.56 Å². The first-order valence-corrected chi connectivity index (χ1v) is 5.59. The van der Waals surface area contributed by atoms with E-state index < -0.39 is 17.7 Å². The summed E-state index contributed by atoms with van der Waals surface area (Å²) in [4.78, 5) is 10.2. The van der Waals surface area contributed by atoms with Crippen molar-refractivity contribution in [3.63, 3.8) is 0 Å². The fourth-order valence-corrected chi connectivity index (χ4v) is 1.69. The van der Waals surface area contributed by atoms with Crippen LogP contribution in [0.3, 0.4) is 0 Å². The van der Waals surface area contributed by atoms with Crippen LogP contribution in [0.25, 0.3) is 0 Å². The summed E-state index contributed by atoms with van der Waals surface area (Å²) in [6.07, 6.45) is -2.21. The number of hydrogen-bond donors (Lipinski definition) is 2. The topological polar surface area (TPSA) is 49.3 Å². The highest BCUT2D eigenvalue weighted by Crippen LogP contribution is 2.33. The van der Waals surface area contributed by atoms with Crippen LogP contribution in [0, 0.1) is 0 Å². The summed E-state index contributed by atoms with van der Waals surface area (Å²) < 4.78 is 37.8. The number of anilines is 1. The van der Waals surface area contributed by atoms with Gasteiger partial charge in [0, 0.05) is 22.8 Å². The predicted octanol–water partition coefficient (Wildman–Crippen LogP) is 3.52. The first-order chi connectivity index (χ1) is 8.29. The van der Waals surface area contributed by atoms with E-state index in [1.807, 2.05) is 0 Å². The number of hydrogen-bond acceptors (Lipinski definition) is 2. The molecule has 0 saturated carbocycles. The Balaban J connectivity index is 2.78. The summed E-state index contributed by atoms with van der Waals surface area (Å²) in [6, 6.07) is 3.40. The lowest BCUT2D eigenvalue weighted by atomic mass is 10.2. The second-order valence-electron chi connectivity index (χ2n) is 3.35. The van der Waals surface area contributed by atoms with Crippen molar-refractivity contribution in [2.24, 2.45) is 0 Å². The van der Waals surface area contributed by atoms with E-state index in [1.165, 1.54) is 12.1 Å². The van der Waals surface area contributed by atoms with Crippen LogP contribution in [0.15, 0.2) is 34.8 Å². The average Bonchev–Trinajstić information content (AvgIpc) is 2.22. The minimum Gasteiger partial charge on any atom is -0.478 e. The smallest absolute Gasteiger partial charge is 0.416 e. The third kappa shape index (κ3) is 4.79. The van der Waals surface area contributed by atoms with Crippen LogP contribution < -0.4 is 5.32 Å². The number of carboxylic acids is 1. The zero-order valence-corrected chi connectivity index (χ0v) is 10.5. The van der Waals surface area contributed by atoms with E-state index in [-0.39, 0.29) is 12.2 Å². The standard InChI is InChI=1S/C11H9BrF3NO2/c12-8-4-7(11(13,14)15)5-9(6-8)16-3-1-2-10(17)18/h1-2,4-6,16H,3H2,(H,17,18)/b2-1+. The van der Waals surface area contributed by atoms with Crippen LogP contribution in [0.2, 0.25) is 0 Å². The number of alkyl halides is 3. The van der Waals surface area contributed by atoms with Crippen molar-refractivity contribution >= 4 is 27.6 Å². The van der Waals surface area contributed by atoms with Crippen molar-refractivity contribution in [2.45, 2.75) is 6.18 Å². The molecule has 0 aliphatic carbocycles. The van der Waals surface area contributed by atoms with E-state index in [0.717, 1.165) is 18.2 Å². The van der Waals surface area contributed by atoms with E-state index in [0.29, 0.717) is 4.47 Å². The fourth-order valence-electron chi connectivity index (χ4n) is 1.19. The van der Waals surface area contributed by atoms with Gasteiger partial charge in [0.15, 0.2) is 0 Å². The maximum atomic E-state index is 12.5. The number of carbonyl (C=O) groups is 1. The normalized spacial score (nSPS) is 11.8. The van der Waals surface area contributed by atoms with Gasteiger partial charge in [-0.1, -0.05) is 22.0 Å². The van der Waals surface area contributed by atoms with Gasteiger partial charge in [-0.3, -0.25) is 0 Å². The Morgan fingerprint density at radius 2 is 2.06 bits per heavy atom. The number of halogens is 4. The van der Waals surface area contributed by atoms with Crippen LogP contribution in [0.1, 0.15) is 5.56 Å². The van der Waals surface area contributed by atoms with Gasteiger partial charge in [0.1, 0.15) is 0 Å². The second-order valence-corrected chi connectivity index (χ2v) is 4.26. The Morgan fingerprint density at radius 1 is 1.39 bits per heavy atom. The van der Waals surface area contributed by atoms with Crippen molar-refractivity contribution in [1.29, 1.82) is 0 Å². The Hall–Kier alpha value is -1.50. The molecule has 3 nitrogen and oxygen atoms in total. The van der Waals surface area contributed by atoms with Gasteiger partial charge < -0.3 is 10.4 Å². The molecule has 0 saturated heterocycles. The highest BCUT2D eigenvalue weighted by atomic mass is 79.9. The molecule has 1 aromatic carbocycles. The molecule has 0 spiro atoms. The Bertz CT molecular complexity index is 472. The second kappa shape index (κ2) is 5.90. The van der Waals surface area contributed by atoms with Gasteiger partial charge in [-0.2, -0.15) is 13.2 Å². The Kier molecular flexibility index (Phi) is 4.77. The zero-order chi connectivity index (χ0) is 13.8. The molecule has 0 bridgehead atoms. The lowest BCUT2D eigenvalue weighted by Gasteiger charge is -2.10. The fraction of sp³-hybridized carbons (Fsp3) is 0.182. The summed E-state index contributed by atoms with van der Waals surface area (Å²) in [5.41, 5.74) is -0.520. The number of rotatable bonds is 4. The minimum absolute atomic E-state index is 0.125. The highest BCUT2D eigenvalue weighted by molar-refractivity contribution is 9.10. The monoisotopic (exact) mass is 323 g/mol. The van der Waals surface area contributed by atoms with E-state index in [2.05, 4.69) is 21.2 Å². The Labute approximate surface area is 109 Å². The van der Waals surface area contributed by atoms with E-state index in [9.17, 15) is 18.0 Å². The molecule has 7 heteroatoms. The third-order valence-electron chi connectivity index (χ3n) is 1.91. The van der Waals surface area contributed by atoms with Crippen molar-refractivity contribution in [3.05, 3.63) is 40.4 Å². The number of nitrogens with one attached hydrogen (secondary N) is 1. The van der Waals surface area contributed by atoms with Gasteiger partial charge in [-0.25, -0.2) is 4.79 Å². The van der Waals surface area contributed by atoms with Crippen molar-refractivity contribution < 1.29 is 23.1 Å². The Morgan fingerprint density at radius 3 is 2.61 bits per heavy atom. The maximum absolute atomic E-state index is 12.5. The molecular weight excluding hydrogens is 315 g/mol. The summed E-state index contributed by atoms with van der Waals surface area (Å²) in [7, 11) is 0. The maximum Gasteiger partial charge on any atom is 0.416 e. The van der Waals surface area contributed by atoms with Crippen LogP contribution in [-0.2, 0) is 11.0 Å². The molecular formula is C11H9BrF3NO2. The van der Waals surface area contributed by atoms with Gasteiger partial charge in [-0.05, 0) is 18.2 Å². The van der Waals surface area contributed by atoms with Crippen molar-refractivity contribution in [1.82, 2.24) is 0 Å². The first-order valence-electron chi connectivity index (χ1n) is 4.80. The molecule has 2 N–H and O–H groups in total.